The molecule has 0 unspecified atom stereocenters. The maximum absolute atomic E-state index is 12.0. The lowest BCUT2D eigenvalue weighted by molar-refractivity contribution is -0.384. The zero-order valence-corrected chi connectivity index (χ0v) is 15.3. The van der Waals surface area contributed by atoms with Crippen molar-refractivity contribution in [1.29, 1.82) is 0 Å². The molecule has 1 fully saturated rings. The highest BCUT2D eigenvalue weighted by atomic mass is 79.9. The number of carbonyl (C=O) groups is 1. The van der Waals surface area contributed by atoms with Crippen LogP contribution in [0.25, 0.3) is 0 Å². The second-order valence-electron chi connectivity index (χ2n) is 6.20. The molecule has 1 saturated carbocycles. The van der Waals surface area contributed by atoms with Gasteiger partial charge in [-0.2, -0.15) is 0 Å². The van der Waals surface area contributed by atoms with Gasteiger partial charge in [0.25, 0.3) is 5.69 Å². The molecule has 0 aliphatic heterocycles. The predicted molar refractivity (Wildman–Crippen MR) is 97.0 cm³/mol. The molecule has 2 rings (SSSR count). The largest absolute Gasteiger partial charge is 0.355 e. The summed E-state index contributed by atoms with van der Waals surface area (Å²) < 4.78 is 0.587. The van der Waals surface area contributed by atoms with E-state index in [2.05, 4.69) is 26.6 Å². The van der Waals surface area contributed by atoms with Gasteiger partial charge in [0.05, 0.1) is 11.3 Å². The smallest absolute Gasteiger partial charge is 0.270 e. The summed E-state index contributed by atoms with van der Waals surface area (Å²) in [5.41, 5.74) is 0.758. The van der Waals surface area contributed by atoms with E-state index in [4.69, 9.17) is 0 Å². The zero-order chi connectivity index (χ0) is 17.4. The molecule has 0 heterocycles. The molecule has 0 saturated heterocycles. The Kier molecular flexibility index (Phi) is 7.65. The van der Waals surface area contributed by atoms with Crippen LogP contribution in [0.1, 0.15) is 44.1 Å². The number of amides is 1. The van der Waals surface area contributed by atoms with E-state index in [1.54, 1.807) is 6.07 Å². The van der Waals surface area contributed by atoms with E-state index in [0.29, 0.717) is 17.1 Å². The van der Waals surface area contributed by atoms with Crippen LogP contribution < -0.4 is 10.6 Å². The monoisotopic (exact) mass is 397 g/mol. The van der Waals surface area contributed by atoms with E-state index in [0.717, 1.165) is 12.1 Å². The molecule has 0 radical (unpaired) electrons. The third-order valence-corrected chi connectivity index (χ3v) is 5.07. The van der Waals surface area contributed by atoms with Crippen molar-refractivity contribution < 1.29 is 9.72 Å². The van der Waals surface area contributed by atoms with Gasteiger partial charge in [0.1, 0.15) is 0 Å². The number of carbonyl (C=O) groups excluding carboxylic acids is 1. The molecule has 1 aliphatic carbocycles. The molecule has 1 aromatic carbocycles. The lowest BCUT2D eigenvalue weighted by atomic mass is 10.1. The Labute approximate surface area is 150 Å². The molecular formula is C17H24BrN3O3. The Bertz CT molecular complexity index is 572. The maximum Gasteiger partial charge on any atom is 0.270 e. The van der Waals surface area contributed by atoms with Crippen LogP contribution in [0.15, 0.2) is 22.7 Å². The number of halogens is 1. The summed E-state index contributed by atoms with van der Waals surface area (Å²) in [6.07, 6.45) is 7.91. The van der Waals surface area contributed by atoms with Gasteiger partial charge in [0.2, 0.25) is 5.91 Å². The first-order valence-electron chi connectivity index (χ1n) is 8.49. The number of hydrogen-bond donors (Lipinski definition) is 2. The van der Waals surface area contributed by atoms with Crippen LogP contribution in [0.3, 0.4) is 0 Å². The van der Waals surface area contributed by atoms with E-state index in [9.17, 15) is 14.9 Å². The molecule has 6 nitrogen and oxygen atoms in total. The lowest BCUT2D eigenvalue weighted by Crippen LogP contribution is -2.37. The summed E-state index contributed by atoms with van der Waals surface area (Å²) in [5, 5.41) is 17.1. The van der Waals surface area contributed by atoms with Crippen LogP contribution in [0.4, 0.5) is 5.69 Å². The van der Waals surface area contributed by atoms with Crippen LogP contribution in [0.5, 0.6) is 0 Å². The molecule has 0 spiro atoms. The SMILES string of the molecule is O=C(Cc1ccc([N+](=O)[O-])cc1Br)NCCNC1CCCCCC1. The van der Waals surface area contributed by atoms with Gasteiger partial charge in [-0.15, -0.1) is 0 Å². The minimum atomic E-state index is -0.451. The van der Waals surface area contributed by atoms with E-state index in [-0.39, 0.29) is 18.0 Å². The first-order valence-corrected chi connectivity index (χ1v) is 9.28. The Hall–Kier alpha value is -1.47. The Balaban J connectivity index is 1.70. The summed E-state index contributed by atoms with van der Waals surface area (Å²) in [7, 11) is 0. The van der Waals surface area contributed by atoms with Crippen molar-refractivity contribution in [3.8, 4) is 0 Å². The molecule has 132 valence electrons. The average molecular weight is 398 g/mol. The van der Waals surface area contributed by atoms with Gasteiger partial charge in [0, 0.05) is 35.7 Å². The van der Waals surface area contributed by atoms with E-state index in [1.165, 1.54) is 50.7 Å². The Morgan fingerprint density at radius 3 is 2.54 bits per heavy atom. The van der Waals surface area contributed by atoms with Gasteiger partial charge >= 0.3 is 0 Å². The van der Waals surface area contributed by atoms with Crippen molar-refractivity contribution in [2.75, 3.05) is 13.1 Å². The number of benzene rings is 1. The number of nitrogens with one attached hydrogen (secondary N) is 2. The first kappa shape index (κ1) is 18.9. The minimum absolute atomic E-state index is 0.0126. The quantitative estimate of drug-likeness (QED) is 0.319. The number of nitro benzene ring substituents is 1. The zero-order valence-electron chi connectivity index (χ0n) is 13.7. The summed E-state index contributed by atoms with van der Waals surface area (Å²) in [5.74, 6) is -0.0766. The van der Waals surface area contributed by atoms with Crippen molar-refractivity contribution in [2.24, 2.45) is 0 Å². The molecule has 24 heavy (non-hydrogen) atoms. The van der Waals surface area contributed by atoms with E-state index >= 15 is 0 Å². The molecule has 1 aromatic rings. The fraction of sp³-hybridized carbons (Fsp3) is 0.588. The Morgan fingerprint density at radius 2 is 1.92 bits per heavy atom. The standard InChI is InChI=1S/C17H24BrN3O3/c18-16-12-15(21(23)24)8-7-13(16)11-17(22)20-10-9-19-14-5-3-1-2-4-6-14/h7-8,12,14,19H,1-6,9-11H2,(H,20,22). The first-order chi connectivity index (χ1) is 11.6. The number of rotatable bonds is 7. The molecular weight excluding hydrogens is 374 g/mol. The van der Waals surface area contributed by atoms with Crippen LogP contribution in [0.2, 0.25) is 0 Å². The molecule has 7 heteroatoms. The molecule has 1 amide bonds. The molecule has 0 atom stereocenters. The predicted octanol–water partition coefficient (Wildman–Crippen LogP) is 3.33. The van der Waals surface area contributed by atoms with Crippen molar-refractivity contribution in [2.45, 2.75) is 51.0 Å². The van der Waals surface area contributed by atoms with Crippen LogP contribution >= 0.6 is 15.9 Å². The van der Waals surface area contributed by atoms with Crippen LogP contribution in [-0.4, -0.2) is 30.0 Å². The second-order valence-corrected chi connectivity index (χ2v) is 7.06. The van der Waals surface area contributed by atoms with Crippen LogP contribution in [0, 0.1) is 10.1 Å². The van der Waals surface area contributed by atoms with E-state index < -0.39 is 4.92 Å². The number of hydrogen-bond acceptors (Lipinski definition) is 4. The molecule has 1 aliphatic rings. The number of non-ortho nitro benzene ring substituents is 1. The summed E-state index contributed by atoms with van der Waals surface area (Å²) >= 11 is 3.29. The highest BCUT2D eigenvalue weighted by Gasteiger charge is 2.13. The molecule has 0 bridgehead atoms. The van der Waals surface area contributed by atoms with Gasteiger partial charge in [-0.05, 0) is 18.4 Å². The van der Waals surface area contributed by atoms with Gasteiger partial charge in [-0.1, -0.05) is 47.7 Å². The molecule has 2 N–H and O–H groups in total. The van der Waals surface area contributed by atoms with Crippen LogP contribution in [-0.2, 0) is 11.2 Å². The van der Waals surface area contributed by atoms with E-state index in [1.807, 2.05) is 0 Å². The number of nitro groups is 1. The summed E-state index contributed by atoms with van der Waals surface area (Å²) in [6, 6.07) is 5.04. The van der Waals surface area contributed by atoms with Gasteiger partial charge in [-0.25, -0.2) is 0 Å². The van der Waals surface area contributed by atoms with Crippen molar-refractivity contribution >= 4 is 27.5 Å². The molecule has 0 aromatic heterocycles. The van der Waals surface area contributed by atoms with Crippen molar-refractivity contribution in [1.82, 2.24) is 10.6 Å². The fourth-order valence-electron chi connectivity index (χ4n) is 2.99. The second kappa shape index (κ2) is 9.74. The third kappa shape index (κ3) is 6.20. The highest BCUT2D eigenvalue weighted by molar-refractivity contribution is 9.10. The average Bonchev–Trinajstić information content (AvgIpc) is 2.82. The van der Waals surface area contributed by atoms with Gasteiger partial charge in [-0.3, -0.25) is 14.9 Å². The number of nitrogens with zero attached hydrogens (tertiary/aromatic N) is 1. The fourth-order valence-corrected chi connectivity index (χ4v) is 3.50. The summed E-state index contributed by atoms with van der Waals surface area (Å²) in [4.78, 5) is 22.3. The normalized spacial score (nSPS) is 15.7. The van der Waals surface area contributed by atoms with Crippen molar-refractivity contribution in [3.05, 3.63) is 38.3 Å². The summed E-state index contributed by atoms with van der Waals surface area (Å²) in [6.45, 7) is 1.37. The van der Waals surface area contributed by atoms with Gasteiger partial charge < -0.3 is 10.6 Å². The maximum atomic E-state index is 12.0. The topological polar surface area (TPSA) is 84.3 Å². The van der Waals surface area contributed by atoms with Crippen molar-refractivity contribution in [3.63, 3.8) is 0 Å². The van der Waals surface area contributed by atoms with Gasteiger partial charge in [0.15, 0.2) is 0 Å². The minimum Gasteiger partial charge on any atom is -0.355 e. The Morgan fingerprint density at radius 1 is 1.21 bits per heavy atom. The lowest BCUT2D eigenvalue weighted by Gasteiger charge is -2.16. The highest BCUT2D eigenvalue weighted by Crippen LogP contribution is 2.23. The third-order valence-electron chi connectivity index (χ3n) is 4.33.